The summed E-state index contributed by atoms with van der Waals surface area (Å²) in [6, 6.07) is 16.3. The van der Waals surface area contributed by atoms with Crippen LogP contribution in [0.3, 0.4) is 0 Å². The average molecular weight is 431 g/mol. The number of aromatic nitrogens is 2. The molecule has 0 fully saturated rings. The summed E-state index contributed by atoms with van der Waals surface area (Å²) in [5.41, 5.74) is 5.54. The third-order valence-corrected chi connectivity index (χ3v) is 5.31. The summed E-state index contributed by atoms with van der Waals surface area (Å²) in [4.78, 5) is 4.54. The molecule has 0 unspecified atom stereocenters. The van der Waals surface area contributed by atoms with Crippen molar-refractivity contribution >= 4 is 35.0 Å². The van der Waals surface area contributed by atoms with Crippen LogP contribution in [0, 0.1) is 19.7 Å². The summed E-state index contributed by atoms with van der Waals surface area (Å²) in [7, 11) is 0. The third kappa shape index (κ3) is 4.24. The first kappa shape index (κ1) is 21.2. The number of ether oxygens (including phenoxy) is 1. The molecule has 4 aromatic rings. The first-order valence-electron chi connectivity index (χ1n) is 9.09. The zero-order valence-corrected chi connectivity index (χ0v) is 17.7. The van der Waals surface area contributed by atoms with Gasteiger partial charge < -0.3 is 9.30 Å². The van der Waals surface area contributed by atoms with Crippen LogP contribution in [0.1, 0.15) is 22.4 Å². The number of hydrogen-bond donors (Lipinski definition) is 0. The second kappa shape index (κ2) is 8.85. The second-order valence-electron chi connectivity index (χ2n) is 6.81. The molecule has 29 heavy (non-hydrogen) atoms. The van der Waals surface area contributed by atoms with Gasteiger partial charge in [0, 0.05) is 28.5 Å². The molecule has 0 atom stereocenters. The van der Waals surface area contributed by atoms with E-state index in [9.17, 15) is 4.39 Å². The highest BCUT2D eigenvalue weighted by atomic mass is 35.5. The number of pyridine rings is 1. The highest BCUT2D eigenvalue weighted by molar-refractivity contribution is 6.30. The number of rotatable bonds is 5. The Morgan fingerprint density at radius 1 is 1.03 bits per heavy atom. The van der Waals surface area contributed by atoms with Crippen LogP contribution in [0.25, 0.3) is 11.0 Å². The number of aryl methyl sites for hydroxylation is 1. The standard InChI is InChI=1S/C23H20ClFN2O.ClH/c1-15-16(2)27(13-18-5-3-4-6-20(18)25)23-21(11-12-26-22(15)23)28-14-17-7-9-19(24)10-8-17;/h3-12H,13-14H2,1-2H3;1H. The van der Waals surface area contributed by atoms with Crippen molar-refractivity contribution < 1.29 is 9.13 Å². The summed E-state index contributed by atoms with van der Waals surface area (Å²) in [6.45, 7) is 4.90. The molecule has 0 N–H and O–H groups in total. The Bertz CT molecular complexity index is 1140. The van der Waals surface area contributed by atoms with Crippen LogP contribution < -0.4 is 4.74 Å². The van der Waals surface area contributed by atoms with Gasteiger partial charge in [-0.2, -0.15) is 0 Å². The van der Waals surface area contributed by atoms with Crippen molar-refractivity contribution in [3.63, 3.8) is 0 Å². The average Bonchev–Trinajstić information content (AvgIpc) is 2.95. The topological polar surface area (TPSA) is 27.1 Å². The number of benzene rings is 2. The second-order valence-corrected chi connectivity index (χ2v) is 7.25. The predicted molar refractivity (Wildman–Crippen MR) is 118 cm³/mol. The zero-order valence-electron chi connectivity index (χ0n) is 16.2. The van der Waals surface area contributed by atoms with Crippen molar-refractivity contribution in [3.05, 3.63) is 94.0 Å². The molecule has 3 nitrogen and oxygen atoms in total. The fraction of sp³-hybridized carbons (Fsp3) is 0.174. The van der Waals surface area contributed by atoms with E-state index in [1.54, 1.807) is 18.3 Å². The van der Waals surface area contributed by atoms with Crippen molar-refractivity contribution in [3.8, 4) is 5.75 Å². The number of fused-ring (bicyclic) bond motifs is 1. The minimum Gasteiger partial charge on any atom is -0.487 e. The summed E-state index contributed by atoms with van der Waals surface area (Å²) in [5, 5.41) is 0.695. The molecule has 0 aliphatic rings. The van der Waals surface area contributed by atoms with E-state index in [-0.39, 0.29) is 18.2 Å². The minimum absolute atomic E-state index is 0. The summed E-state index contributed by atoms with van der Waals surface area (Å²) in [5.74, 6) is 0.515. The Labute approximate surface area is 180 Å². The molecule has 150 valence electrons. The zero-order chi connectivity index (χ0) is 19.7. The van der Waals surface area contributed by atoms with Gasteiger partial charge >= 0.3 is 0 Å². The van der Waals surface area contributed by atoms with Gasteiger partial charge in [0.15, 0.2) is 0 Å². The van der Waals surface area contributed by atoms with Crippen molar-refractivity contribution in [2.45, 2.75) is 27.0 Å². The van der Waals surface area contributed by atoms with E-state index in [4.69, 9.17) is 16.3 Å². The van der Waals surface area contributed by atoms with Gasteiger partial charge in [-0.05, 0) is 43.2 Å². The molecule has 4 rings (SSSR count). The Morgan fingerprint density at radius 2 is 1.76 bits per heavy atom. The fourth-order valence-corrected chi connectivity index (χ4v) is 3.49. The molecule has 0 aliphatic heterocycles. The normalized spacial score (nSPS) is 10.8. The van der Waals surface area contributed by atoms with Gasteiger partial charge in [0.05, 0.1) is 12.1 Å². The monoisotopic (exact) mass is 430 g/mol. The van der Waals surface area contributed by atoms with Crippen LogP contribution in [-0.2, 0) is 13.2 Å². The first-order valence-corrected chi connectivity index (χ1v) is 9.47. The van der Waals surface area contributed by atoms with E-state index < -0.39 is 0 Å². The summed E-state index contributed by atoms with van der Waals surface area (Å²) in [6.07, 6.45) is 1.75. The fourth-order valence-electron chi connectivity index (χ4n) is 3.37. The number of hydrogen-bond acceptors (Lipinski definition) is 2. The van der Waals surface area contributed by atoms with Gasteiger partial charge in [0.1, 0.15) is 23.7 Å². The van der Waals surface area contributed by atoms with E-state index in [0.29, 0.717) is 23.7 Å². The number of halogens is 3. The summed E-state index contributed by atoms with van der Waals surface area (Å²) < 4.78 is 22.4. The van der Waals surface area contributed by atoms with Crippen LogP contribution in [0.2, 0.25) is 5.02 Å². The van der Waals surface area contributed by atoms with Crippen molar-refractivity contribution in [1.82, 2.24) is 9.55 Å². The lowest BCUT2D eigenvalue weighted by molar-refractivity contribution is 0.308. The maximum absolute atomic E-state index is 14.2. The van der Waals surface area contributed by atoms with Gasteiger partial charge in [-0.15, -0.1) is 12.4 Å². The molecule has 0 saturated carbocycles. The van der Waals surface area contributed by atoms with Gasteiger partial charge in [-0.1, -0.05) is 41.9 Å². The van der Waals surface area contributed by atoms with Crippen LogP contribution in [0.4, 0.5) is 4.39 Å². The van der Waals surface area contributed by atoms with Crippen molar-refractivity contribution in [2.75, 3.05) is 0 Å². The maximum atomic E-state index is 14.2. The third-order valence-electron chi connectivity index (χ3n) is 5.05. The van der Waals surface area contributed by atoms with Crippen molar-refractivity contribution in [1.29, 1.82) is 0 Å². The predicted octanol–water partition coefficient (Wildman–Crippen LogP) is 6.49. The molecule has 0 radical (unpaired) electrons. The lowest BCUT2D eigenvalue weighted by Crippen LogP contribution is -2.05. The molecule has 0 bridgehead atoms. The summed E-state index contributed by atoms with van der Waals surface area (Å²) >= 11 is 5.95. The van der Waals surface area contributed by atoms with E-state index in [1.807, 2.05) is 50.2 Å². The Morgan fingerprint density at radius 3 is 2.48 bits per heavy atom. The molecular formula is C23H21Cl2FN2O. The Balaban J connectivity index is 0.00000240. The molecule has 2 aromatic carbocycles. The molecule has 0 aliphatic carbocycles. The largest absolute Gasteiger partial charge is 0.487 e. The van der Waals surface area contributed by atoms with Gasteiger partial charge in [0.2, 0.25) is 0 Å². The van der Waals surface area contributed by atoms with Gasteiger partial charge in [-0.3, -0.25) is 4.98 Å². The van der Waals surface area contributed by atoms with E-state index in [0.717, 1.165) is 33.6 Å². The molecule has 2 aromatic heterocycles. The highest BCUT2D eigenvalue weighted by Crippen LogP contribution is 2.32. The van der Waals surface area contributed by atoms with E-state index in [1.165, 1.54) is 6.07 Å². The van der Waals surface area contributed by atoms with Crippen LogP contribution in [-0.4, -0.2) is 9.55 Å². The SMILES string of the molecule is Cc1c(C)n(Cc2ccccc2F)c2c(OCc3ccc(Cl)cc3)ccnc12.Cl. The lowest BCUT2D eigenvalue weighted by atomic mass is 10.2. The van der Waals surface area contributed by atoms with E-state index >= 15 is 0 Å². The van der Waals surface area contributed by atoms with Gasteiger partial charge in [0.25, 0.3) is 0 Å². The van der Waals surface area contributed by atoms with Crippen LogP contribution in [0.5, 0.6) is 5.75 Å². The highest BCUT2D eigenvalue weighted by Gasteiger charge is 2.17. The lowest BCUT2D eigenvalue weighted by Gasteiger charge is -2.13. The smallest absolute Gasteiger partial charge is 0.147 e. The molecule has 6 heteroatoms. The first-order chi connectivity index (χ1) is 13.5. The van der Waals surface area contributed by atoms with Crippen molar-refractivity contribution in [2.24, 2.45) is 0 Å². The maximum Gasteiger partial charge on any atom is 0.147 e. The molecule has 0 saturated heterocycles. The molecule has 2 heterocycles. The molecular weight excluding hydrogens is 410 g/mol. The Kier molecular flexibility index (Phi) is 6.46. The van der Waals surface area contributed by atoms with E-state index in [2.05, 4.69) is 9.55 Å². The minimum atomic E-state index is -0.214. The molecule has 0 amide bonds. The quantitative estimate of drug-likeness (QED) is 0.361. The number of nitrogens with zero attached hydrogens (tertiary/aromatic N) is 2. The van der Waals surface area contributed by atoms with Crippen LogP contribution in [0.15, 0.2) is 60.8 Å². The Hall–Kier alpha value is -2.56. The van der Waals surface area contributed by atoms with Gasteiger partial charge in [-0.25, -0.2) is 4.39 Å². The molecule has 0 spiro atoms. The van der Waals surface area contributed by atoms with Crippen LogP contribution >= 0.6 is 24.0 Å².